The first kappa shape index (κ1) is 13.3. The van der Waals surface area contributed by atoms with Crippen LogP contribution in [0.3, 0.4) is 0 Å². The van der Waals surface area contributed by atoms with Crippen molar-refractivity contribution < 1.29 is 9.84 Å². The third kappa shape index (κ3) is 2.75. The molecule has 104 valence electrons. The van der Waals surface area contributed by atoms with Crippen molar-refractivity contribution in [3.63, 3.8) is 0 Å². The standard InChI is InChI=1S/C15H20BrNO2/c1-19-13-7-10(6-12(16)14(13)18)8-17-9-15(4-5-15)11-2-3-11/h6-7,11,17-18H,2-5,8-9H2,1H3. The molecule has 0 saturated heterocycles. The summed E-state index contributed by atoms with van der Waals surface area (Å²) in [5, 5.41) is 13.3. The highest BCUT2D eigenvalue weighted by atomic mass is 79.9. The Kier molecular flexibility index (Phi) is 3.48. The number of benzene rings is 1. The lowest BCUT2D eigenvalue weighted by Gasteiger charge is -2.15. The molecule has 0 amide bonds. The molecule has 0 aromatic heterocycles. The Balaban J connectivity index is 1.59. The minimum Gasteiger partial charge on any atom is -0.503 e. The van der Waals surface area contributed by atoms with Gasteiger partial charge in [-0.1, -0.05) is 0 Å². The van der Waals surface area contributed by atoms with Crippen LogP contribution in [0.5, 0.6) is 11.5 Å². The van der Waals surface area contributed by atoms with E-state index < -0.39 is 0 Å². The van der Waals surface area contributed by atoms with Gasteiger partial charge in [-0.25, -0.2) is 0 Å². The predicted octanol–water partition coefficient (Wildman–Crippen LogP) is 3.44. The smallest absolute Gasteiger partial charge is 0.172 e. The average Bonchev–Trinajstić information content (AvgIpc) is 3.26. The van der Waals surface area contributed by atoms with Crippen molar-refractivity contribution in [2.45, 2.75) is 32.2 Å². The number of methoxy groups -OCH3 is 1. The largest absolute Gasteiger partial charge is 0.503 e. The van der Waals surface area contributed by atoms with Crippen LogP contribution in [0.15, 0.2) is 16.6 Å². The first-order chi connectivity index (χ1) is 9.14. The fourth-order valence-electron chi connectivity index (χ4n) is 2.93. The molecule has 19 heavy (non-hydrogen) atoms. The van der Waals surface area contributed by atoms with E-state index >= 15 is 0 Å². The van der Waals surface area contributed by atoms with Crippen LogP contribution in [-0.2, 0) is 6.54 Å². The van der Waals surface area contributed by atoms with Crippen LogP contribution in [0.2, 0.25) is 0 Å². The fraction of sp³-hybridized carbons (Fsp3) is 0.600. The highest BCUT2D eigenvalue weighted by Crippen LogP contribution is 2.60. The van der Waals surface area contributed by atoms with Crippen molar-refractivity contribution in [3.05, 3.63) is 22.2 Å². The zero-order valence-electron chi connectivity index (χ0n) is 11.2. The minimum atomic E-state index is 0.169. The van der Waals surface area contributed by atoms with E-state index in [0.29, 0.717) is 15.6 Å². The highest BCUT2D eigenvalue weighted by Gasteiger charge is 2.53. The lowest BCUT2D eigenvalue weighted by Crippen LogP contribution is -2.25. The number of hydrogen-bond acceptors (Lipinski definition) is 3. The number of rotatable bonds is 6. The lowest BCUT2D eigenvalue weighted by molar-refractivity contribution is 0.370. The Hall–Kier alpha value is -0.740. The molecule has 0 radical (unpaired) electrons. The number of nitrogens with one attached hydrogen (secondary N) is 1. The van der Waals surface area contributed by atoms with E-state index in [2.05, 4.69) is 21.2 Å². The number of phenols is 1. The number of phenolic OH excluding ortho intramolecular Hbond substituents is 1. The topological polar surface area (TPSA) is 41.5 Å². The fourth-order valence-corrected chi connectivity index (χ4v) is 3.42. The number of ether oxygens (including phenoxy) is 1. The van der Waals surface area contributed by atoms with Crippen molar-refractivity contribution >= 4 is 15.9 Å². The Labute approximate surface area is 122 Å². The molecule has 0 unspecified atom stereocenters. The van der Waals surface area contributed by atoms with Crippen molar-refractivity contribution in [3.8, 4) is 11.5 Å². The van der Waals surface area contributed by atoms with Crippen LogP contribution in [0.25, 0.3) is 0 Å². The minimum absolute atomic E-state index is 0.169. The van der Waals surface area contributed by atoms with Gasteiger partial charge in [-0.15, -0.1) is 0 Å². The van der Waals surface area contributed by atoms with Gasteiger partial charge in [0.1, 0.15) is 0 Å². The maximum absolute atomic E-state index is 9.78. The Morgan fingerprint density at radius 1 is 1.42 bits per heavy atom. The van der Waals surface area contributed by atoms with Gasteiger partial charge in [0.25, 0.3) is 0 Å². The summed E-state index contributed by atoms with van der Waals surface area (Å²) in [4.78, 5) is 0. The molecule has 3 nitrogen and oxygen atoms in total. The summed E-state index contributed by atoms with van der Waals surface area (Å²) < 4.78 is 5.85. The second kappa shape index (κ2) is 4.98. The molecule has 2 aliphatic carbocycles. The maximum atomic E-state index is 9.78. The first-order valence-corrected chi connectivity index (χ1v) is 7.70. The summed E-state index contributed by atoms with van der Waals surface area (Å²) in [6.07, 6.45) is 5.65. The third-order valence-electron chi connectivity index (χ3n) is 4.45. The molecule has 0 atom stereocenters. The number of aromatic hydroxyl groups is 1. The van der Waals surface area contributed by atoms with Gasteiger partial charge in [-0.3, -0.25) is 0 Å². The zero-order chi connectivity index (χ0) is 13.5. The van der Waals surface area contributed by atoms with Gasteiger partial charge >= 0.3 is 0 Å². The Bertz CT molecular complexity index is 481. The quantitative estimate of drug-likeness (QED) is 0.841. The molecular weight excluding hydrogens is 306 g/mol. The van der Waals surface area contributed by atoms with Crippen LogP contribution >= 0.6 is 15.9 Å². The van der Waals surface area contributed by atoms with E-state index in [4.69, 9.17) is 4.74 Å². The van der Waals surface area contributed by atoms with Crippen LogP contribution < -0.4 is 10.1 Å². The van der Waals surface area contributed by atoms with E-state index in [-0.39, 0.29) is 5.75 Å². The van der Waals surface area contributed by atoms with Crippen LogP contribution in [-0.4, -0.2) is 18.8 Å². The van der Waals surface area contributed by atoms with Crippen molar-refractivity contribution in [1.29, 1.82) is 0 Å². The molecule has 3 rings (SSSR count). The molecule has 1 aromatic carbocycles. The number of hydrogen-bond donors (Lipinski definition) is 2. The van der Waals surface area contributed by atoms with Gasteiger partial charge < -0.3 is 15.2 Å². The summed E-state index contributed by atoms with van der Waals surface area (Å²) in [7, 11) is 1.57. The molecule has 0 heterocycles. The molecule has 2 aliphatic rings. The molecule has 0 bridgehead atoms. The van der Waals surface area contributed by atoms with Crippen molar-refractivity contribution in [2.75, 3.05) is 13.7 Å². The van der Waals surface area contributed by atoms with E-state index in [1.54, 1.807) is 7.11 Å². The Morgan fingerprint density at radius 2 is 2.16 bits per heavy atom. The second-order valence-corrected chi connectivity index (χ2v) is 6.72. The molecule has 1 aromatic rings. The monoisotopic (exact) mass is 325 g/mol. The maximum Gasteiger partial charge on any atom is 0.172 e. The predicted molar refractivity (Wildman–Crippen MR) is 78.5 cm³/mol. The van der Waals surface area contributed by atoms with Crippen LogP contribution in [0.1, 0.15) is 31.2 Å². The van der Waals surface area contributed by atoms with Gasteiger partial charge in [-0.2, -0.15) is 0 Å². The summed E-state index contributed by atoms with van der Waals surface area (Å²) in [5.74, 6) is 1.68. The SMILES string of the molecule is COc1cc(CNCC2(C3CC3)CC2)cc(Br)c1O. The molecule has 0 aliphatic heterocycles. The average molecular weight is 326 g/mol. The molecule has 2 fully saturated rings. The third-order valence-corrected chi connectivity index (χ3v) is 5.05. The molecule has 2 N–H and O–H groups in total. The molecule has 4 heteroatoms. The van der Waals surface area contributed by atoms with Gasteiger partial charge in [0, 0.05) is 13.1 Å². The van der Waals surface area contributed by atoms with Crippen LogP contribution in [0.4, 0.5) is 0 Å². The van der Waals surface area contributed by atoms with E-state index in [9.17, 15) is 5.11 Å². The summed E-state index contributed by atoms with van der Waals surface area (Å²) in [6, 6.07) is 3.84. The normalized spacial score (nSPS) is 20.3. The van der Waals surface area contributed by atoms with Gasteiger partial charge in [0.05, 0.1) is 11.6 Å². The summed E-state index contributed by atoms with van der Waals surface area (Å²) in [6.45, 7) is 1.95. The van der Waals surface area contributed by atoms with E-state index in [1.165, 1.54) is 25.7 Å². The van der Waals surface area contributed by atoms with E-state index in [0.717, 1.165) is 24.6 Å². The zero-order valence-corrected chi connectivity index (χ0v) is 12.8. The summed E-state index contributed by atoms with van der Waals surface area (Å²) >= 11 is 3.36. The molecule has 0 spiro atoms. The van der Waals surface area contributed by atoms with E-state index in [1.807, 2.05) is 12.1 Å². The van der Waals surface area contributed by atoms with Gasteiger partial charge in [0.2, 0.25) is 0 Å². The van der Waals surface area contributed by atoms with Gasteiger partial charge in [-0.05, 0) is 70.6 Å². The van der Waals surface area contributed by atoms with Gasteiger partial charge in [0.15, 0.2) is 11.5 Å². The van der Waals surface area contributed by atoms with Crippen molar-refractivity contribution in [1.82, 2.24) is 5.32 Å². The van der Waals surface area contributed by atoms with Crippen LogP contribution in [0, 0.1) is 11.3 Å². The number of halogens is 1. The molecular formula is C15H20BrNO2. The lowest BCUT2D eigenvalue weighted by atomic mass is 10.0. The first-order valence-electron chi connectivity index (χ1n) is 6.91. The Morgan fingerprint density at radius 3 is 2.74 bits per heavy atom. The second-order valence-electron chi connectivity index (χ2n) is 5.87. The molecule has 2 saturated carbocycles. The summed E-state index contributed by atoms with van der Waals surface area (Å²) in [5.41, 5.74) is 1.76. The highest BCUT2D eigenvalue weighted by molar-refractivity contribution is 9.10. The van der Waals surface area contributed by atoms with Crippen molar-refractivity contribution in [2.24, 2.45) is 11.3 Å².